The number of rotatable bonds is 7. The van der Waals surface area contributed by atoms with E-state index in [9.17, 15) is 50.6 Å². The molecular formula is C16H9F5N2O7S. The van der Waals surface area contributed by atoms with Crippen LogP contribution in [0.1, 0.15) is 11.1 Å². The van der Waals surface area contributed by atoms with Crippen LogP contribution in [0.4, 0.5) is 27.6 Å². The molecule has 0 aliphatic heterocycles. The molecule has 0 bridgehead atoms. The molecule has 0 radical (unpaired) electrons. The summed E-state index contributed by atoms with van der Waals surface area (Å²) in [5.41, 5.74) is -2.87. The van der Waals surface area contributed by atoms with Gasteiger partial charge >= 0.3 is 10.7 Å². The fourth-order valence-corrected chi connectivity index (χ4v) is 3.68. The van der Waals surface area contributed by atoms with Crippen LogP contribution >= 0.6 is 0 Å². The van der Waals surface area contributed by atoms with Crippen LogP contribution < -0.4 is 4.74 Å². The molecule has 2 aromatic carbocycles. The predicted molar refractivity (Wildman–Crippen MR) is 93.5 cm³/mol. The molecule has 0 aliphatic rings. The summed E-state index contributed by atoms with van der Waals surface area (Å²) < 4.78 is 96.9. The summed E-state index contributed by atoms with van der Waals surface area (Å²) in [6.45, 7) is 0. The summed E-state index contributed by atoms with van der Waals surface area (Å²) in [6.07, 6.45) is -0.316. The number of nitro benzene ring substituents is 1. The number of hydrogen-bond donors (Lipinski definition) is 0. The Morgan fingerprint density at radius 2 is 1.52 bits per heavy atom. The molecule has 0 N–H and O–H groups in total. The fourth-order valence-electron chi connectivity index (χ4n) is 2.39. The molecule has 15 heteroatoms. The van der Waals surface area contributed by atoms with E-state index >= 15 is 0 Å². The van der Waals surface area contributed by atoms with Crippen molar-refractivity contribution in [1.29, 1.82) is 0 Å². The average molecular weight is 468 g/mol. The Balaban J connectivity index is 2.62. The van der Waals surface area contributed by atoms with Crippen LogP contribution in [0.15, 0.2) is 23.2 Å². The second-order valence-electron chi connectivity index (χ2n) is 5.75. The largest absolute Gasteiger partial charge is 0.490 e. The van der Waals surface area contributed by atoms with Gasteiger partial charge in [0.2, 0.25) is 15.7 Å². The van der Waals surface area contributed by atoms with Gasteiger partial charge < -0.3 is 4.74 Å². The van der Waals surface area contributed by atoms with Crippen molar-refractivity contribution in [2.75, 3.05) is 7.11 Å². The van der Waals surface area contributed by atoms with Crippen LogP contribution in [0, 0.1) is 49.3 Å². The van der Waals surface area contributed by atoms with Crippen molar-refractivity contribution in [3.63, 3.8) is 0 Å². The van der Waals surface area contributed by atoms with Gasteiger partial charge in [0.15, 0.2) is 29.0 Å². The molecule has 0 saturated carbocycles. The van der Waals surface area contributed by atoms with Crippen molar-refractivity contribution in [2.45, 2.75) is 5.75 Å². The highest BCUT2D eigenvalue weighted by atomic mass is 32.2. The van der Waals surface area contributed by atoms with E-state index in [1.807, 2.05) is 0 Å². The minimum Gasteiger partial charge on any atom is -0.490 e. The molecule has 0 heterocycles. The number of methoxy groups -OCH3 is 1. The van der Waals surface area contributed by atoms with Crippen molar-refractivity contribution in [3.05, 3.63) is 83.7 Å². The smallest absolute Gasteiger partial charge is 0.360 e. The lowest BCUT2D eigenvalue weighted by molar-refractivity contribution is -0.410. The number of nitro groups is 2. The minimum atomic E-state index is -5.08. The van der Waals surface area contributed by atoms with Gasteiger partial charge in [-0.2, -0.15) is 0 Å². The summed E-state index contributed by atoms with van der Waals surface area (Å²) in [4.78, 5) is 19.7. The molecule has 0 unspecified atom stereocenters. The van der Waals surface area contributed by atoms with E-state index in [2.05, 4.69) is 0 Å². The standard InChI is InChI=1S/C16H9F5N2O7S/c1-30-10-3-2-7(4-9(10)22(24)25)6-31(28,29)11(23(26)27)5-8-12(17)14(19)16(21)15(20)13(8)18/h2-5H,6H2,1H3/b11-5+. The van der Waals surface area contributed by atoms with Gasteiger partial charge in [-0.25, -0.2) is 30.4 Å². The second kappa shape index (κ2) is 8.63. The SMILES string of the molecule is COc1ccc(CS(=O)(=O)/C(=C/c2c(F)c(F)c(F)c(F)c2F)[N+](=O)[O-])cc1[N+](=O)[O-]. The first-order valence-electron chi connectivity index (χ1n) is 7.73. The van der Waals surface area contributed by atoms with Gasteiger partial charge in [0.05, 0.1) is 28.3 Å². The lowest BCUT2D eigenvalue weighted by Gasteiger charge is -2.07. The van der Waals surface area contributed by atoms with Gasteiger partial charge in [-0.3, -0.25) is 20.2 Å². The third-order valence-electron chi connectivity index (χ3n) is 3.81. The molecule has 0 amide bonds. The molecule has 166 valence electrons. The van der Waals surface area contributed by atoms with E-state index in [-0.39, 0.29) is 17.4 Å². The Labute approximate surface area is 169 Å². The van der Waals surface area contributed by atoms with Crippen LogP contribution in [0.3, 0.4) is 0 Å². The summed E-state index contributed by atoms with van der Waals surface area (Å²) in [6, 6.07) is 2.74. The van der Waals surface area contributed by atoms with E-state index in [1.165, 1.54) is 0 Å². The number of hydrogen-bond acceptors (Lipinski definition) is 7. The molecule has 31 heavy (non-hydrogen) atoms. The number of sulfone groups is 1. The predicted octanol–water partition coefficient (Wildman–Crippen LogP) is 3.49. The van der Waals surface area contributed by atoms with E-state index in [1.54, 1.807) is 0 Å². The van der Waals surface area contributed by atoms with Crippen molar-refractivity contribution >= 4 is 21.6 Å². The number of ether oxygens (including phenoxy) is 1. The van der Waals surface area contributed by atoms with Gasteiger partial charge in [0.25, 0.3) is 0 Å². The minimum absolute atomic E-state index is 0.252. The Hall–Kier alpha value is -3.62. The zero-order valence-electron chi connectivity index (χ0n) is 15.1. The molecule has 2 aromatic rings. The van der Waals surface area contributed by atoms with Crippen molar-refractivity contribution in [3.8, 4) is 5.75 Å². The molecule has 0 spiro atoms. The average Bonchev–Trinajstić information content (AvgIpc) is 2.69. The second-order valence-corrected chi connectivity index (χ2v) is 7.68. The lowest BCUT2D eigenvalue weighted by atomic mass is 10.1. The van der Waals surface area contributed by atoms with Gasteiger partial charge in [-0.15, -0.1) is 0 Å². The van der Waals surface area contributed by atoms with Crippen LogP contribution in [0.25, 0.3) is 6.08 Å². The third-order valence-corrected chi connectivity index (χ3v) is 5.42. The van der Waals surface area contributed by atoms with Crippen LogP contribution in [0.2, 0.25) is 0 Å². The Morgan fingerprint density at radius 3 is 1.97 bits per heavy atom. The summed E-state index contributed by atoms with van der Waals surface area (Å²) in [5.74, 6) is -13.9. The van der Waals surface area contributed by atoms with Crippen molar-refractivity contribution in [1.82, 2.24) is 0 Å². The first-order chi connectivity index (χ1) is 14.3. The molecule has 0 aromatic heterocycles. The monoisotopic (exact) mass is 468 g/mol. The molecule has 9 nitrogen and oxygen atoms in total. The molecule has 0 saturated heterocycles. The quantitative estimate of drug-likeness (QED) is 0.200. The highest BCUT2D eigenvalue weighted by Gasteiger charge is 2.33. The highest BCUT2D eigenvalue weighted by molar-refractivity contribution is 7.94. The number of benzene rings is 2. The lowest BCUT2D eigenvalue weighted by Crippen LogP contribution is -2.15. The van der Waals surface area contributed by atoms with E-state index in [0.29, 0.717) is 0 Å². The van der Waals surface area contributed by atoms with Crippen molar-refractivity contribution < 1.29 is 45.0 Å². The van der Waals surface area contributed by atoms with Gasteiger partial charge in [-0.1, -0.05) is 6.07 Å². The maximum absolute atomic E-state index is 13.8. The molecule has 0 atom stereocenters. The van der Waals surface area contributed by atoms with Crippen LogP contribution in [0.5, 0.6) is 5.75 Å². The normalized spacial score (nSPS) is 12.0. The van der Waals surface area contributed by atoms with Gasteiger partial charge in [0.1, 0.15) is 0 Å². The molecular weight excluding hydrogens is 459 g/mol. The molecule has 0 fully saturated rings. The first kappa shape index (κ1) is 23.7. The Morgan fingerprint density at radius 1 is 1.00 bits per heavy atom. The van der Waals surface area contributed by atoms with E-state index in [4.69, 9.17) is 4.74 Å². The van der Waals surface area contributed by atoms with Crippen molar-refractivity contribution in [2.24, 2.45) is 0 Å². The zero-order valence-corrected chi connectivity index (χ0v) is 15.9. The number of nitrogens with zero attached hydrogens (tertiary/aromatic N) is 2. The summed E-state index contributed by atoms with van der Waals surface area (Å²) >= 11 is 0. The third kappa shape index (κ3) is 4.60. The van der Waals surface area contributed by atoms with E-state index in [0.717, 1.165) is 25.3 Å². The van der Waals surface area contributed by atoms with Crippen LogP contribution in [-0.4, -0.2) is 25.4 Å². The van der Waals surface area contributed by atoms with Crippen LogP contribution in [-0.2, 0) is 15.6 Å². The Kier molecular flexibility index (Phi) is 6.58. The molecule has 0 aliphatic carbocycles. The maximum atomic E-state index is 13.8. The first-order valence-corrected chi connectivity index (χ1v) is 9.38. The summed E-state index contributed by atoms with van der Waals surface area (Å²) in [7, 11) is -3.98. The van der Waals surface area contributed by atoms with Gasteiger partial charge in [-0.05, 0) is 11.6 Å². The maximum Gasteiger partial charge on any atom is 0.360 e. The number of halogens is 5. The summed E-state index contributed by atoms with van der Waals surface area (Å²) in [5, 5.41) is 20.3. The highest BCUT2D eigenvalue weighted by Crippen LogP contribution is 2.30. The topological polar surface area (TPSA) is 130 Å². The Bertz CT molecular complexity index is 1200. The molecule has 2 rings (SSSR count). The van der Waals surface area contributed by atoms with E-state index < -0.39 is 70.8 Å². The zero-order chi connectivity index (χ0) is 23.7. The van der Waals surface area contributed by atoms with Gasteiger partial charge in [0, 0.05) is 12.1 Å². The fraction of sp³-hybridized carbons (Fsp3) is 0.125.